The maximum Gasteiger partial charge on any atom is 0.229 e. The van der Waals surface area contributed by atoms with E-state index in [0.717, 1.165) is 39.0 Å². The lowest BCUT2D eigenvalue weighted by Crippen LogP contribution is -2.50. The minimum atomic E-state index is -0.136. The van der Waals surface area contributed by atoms with Crippen LogP contribution in [0.4, 0.5) is 0 Å². The van der Waals surface area contributed by atoms with Crippen molar-refractivity contribution in [3.8, 4) is 0 Å². The highest BCUT2D eigenvalue weighted by molar-refractivity contribution is 5.82. The van der Waals surface area contributed by atoms with Crippen molar-refractivity contribution in [2.24, 2.45) is 5.41 Å². The second kappa shape index (κ2) is 5.17. The quantitative estimate of drug-likeness (QED) is 0.736. The lowest BCUT2D eigenvalue weighted by atomic mass is 9.81. The number of amides is 1. The van der Waals surface area contributed by atoms with Crippen LogP contribution in [0.2, 0.25) is 0 Å². The summed E-state index contributed by atoms with van der Waals surface area (Å²) in [6.45, 7) is 6.03. The lowest BCUT2D eigenvalue weighted by molar-refractivity contribution is -0.142. The van der Waals surface area contributed by atoms with Gasteiger partial charge in [-0.3, -0.25) is 4.79 Å². The molecule has 2 aliphatic rings. The molecule has 2 fully saturated rings. The Balaban J connectivity index is 1.98. The zero-order valence-corrected chi connectivity index (χ0v) is 10.4. The first kappa shape index (κ1) is 11.9. The van der Waals surface area contributed by atoms with Crippen molar-refractivity contribution in [1.29, 1.82) is 0 Å². The summed E-state index contributed by atoms with van der Waals surface area (Å²) in [5.74, 6) is 0.390. The van der Waals surface area contributed by atoms with Gasteiger partial charge in [0, 0.05) is 19.6 Å². The first-order chi connectivity index (χ1) is 7.72. The van der Waals surface area contributed by atoms with Crippen molar-refractivity contribution in [2.75, 3.05) is 26.2 Å². The van der Waals surface area contributed by atoms with Crippen molar-refractivity contribution >= 4 is 5.91 Å². The SMILES string of the molecule is CC1(C(=O)N2CCCCCC2)CCCNC1. The van der Waals surface area contributed by atoms with Crippen LogP contribution in [0.25, 0.3) is 0 Å². The van der Waals surface area contributed by atoms with E-state index in [4.69, 9.17) is 0 Å². The summed E-state index contributed by atoms with van der Waals surface area (Å²) in [6, 6.07) is 0. The molecule has 0 bridgehead atoms. The second-order valence-electron chi connectivity index (χ2n) is 5.55. The number of carbonyl (C=O) groups excluding carboxylic acids is 1. The smallest absolute Gasteiger partial charge is 0.229 e. The molecule has 0 aliphatic carbocycles. The van der Waals surface area contributed by atoms with Gasteiger partial charge in [-0.05, 0) is 39.2 Å². The molecule has 0 aromatic rings. The van der Waals surface area contributed by atoms with Crippen LogP contribution in [0.5, 0.6) is 0 Å². The van der Waals surface area contributed by atoms with E-state index in [1.165, 1.54) is 25.7 Å². The van der Waals surface area contributed by atoms with Gasteiger partial charge < -0.3 is 10.2 Å². The van der Waals surface area contributed by atoms with Crippen molar-refractivity contribution in [1.82, 2.24) is 10.2 Å². The molecule has 3 heteroatoms. The van der Waals surface area contributed by atoms with Gasteiger partial charge in [-0.1, -0.05) is 12.8 Å². The van der Waals surface area contributed by atoms with Crippen LogP contribution < -0.4 is 5.32 Å². The van der Waals surface area contributed by atoms with E-state index < -0.39 is 0 Å². The van der Waals surface area contributed by atoms with Gasteiger partial charge in [0.05, 0.1) is 5.41 Å². The fourth-order valence-electron chi connectivity index (χ4n) is 2.89. The zero-order valence-electron chi connectivity index (χ0n) is 10.4. The molecule has 3 nitrogen and oxygen atoms in total. The third-order valence-electron chi connectivity index (χ3n) is 4.01. The van der Waals surface area contributed by atoms with Crippen LogP contribution in [-0.4, -0.2) is 37.0 Å². The highest BCUT2D eigenvalue weighted by Crippen LogP contribution is 2.29. The van der Waals surface area contributed by atoms with Crippen LogP contribution in [0.15, 0.2) is 0 Å². The summed E-state index contributed by atoms with van der Waals surface area (Å²) in [4.78, 5) is 14.6. The third-order valence-corrected chi connectivity index (χ3v) is 4.01. The van der Waals surface area contributed by atoms with E-state index in [-0.39, 0.29) is 5.41 Å². The minimum Gasteiger partial charge on any atom is -0.342 e. The van der Waals surface area contributed by atoms with Gasteiger partial charge in [0.1, 0.15) is 0 Å². The Kier molecular flexibility index (Phi) is 3.85. The molecule has 1 N–H and O–H groups in total. The van der Waals surface area contributed by atoms with Crippen molar-refractivity contribution < 1.29 is 4.79 Å². The predicted molar refractivity (Wildman–Crippen MR) is 65.3 cm³/mol. The van der Waals surface area contributed by atoms with Gasteiger partial charge in [-0.25, -0.2) is 0 Å². The maximum atomic E-state index is 12.5. The first-order valence-corrected chi connectivity index (χ1v) is 6.72. The fourth-order valence-corrected chi connectivity index (χ4v) is 2.89. The van der Waals surface area contributed by atoms with E-state index >= 15 is 0 Å². The van der Waals surface area contributed by atoms with Gasteiger partial charge in [-0.2, -0.15) is 0 Å². The van der Waals surface area contributed by atoms with Gasteiger partial charge >= 0.3 is 0 Å². The third kappa shape index (κ3) is 2.57. The second-order valence-corrected chi connectivity index (χ2v) is 5.55. The molecule has 0 aromatic carbocycles. The number of nitrogens with one attached hydrogen (secondary N) is 1. The van der Waals surface area contributed by atoms with E-state index in [0.29, 0.717) is 5.91 Å². The normalized spacial score (nSPS) is 32.2. The standard InChI is InChI=1S/C13H24N2O/c1-13(7-6-8-14-11-13)12(16)15-9-4-2-3-5-10-15/h14H,2-11H2,1H3. The fraction of sp³-hybridized carbons (Fsp3) is 0.923. The van der Waals surface area contributed by atoms with Crippen molar-refractivity contribution in [3.05, 3.63) is 0 Å². The highest BCUT2D eigenvalue weighted by atomic mass is 16.2. The van der Waals surface area contributed by atoms with Crippen molar-refractivity contribution in [3.63, 3.8) is 0 Å². The number of rotatable bonds is 1. The number of piperidine rings is 1. The lowest BCUT2D eigenvalue weighted by Gasteiger charge is -2.37. The van der Waals surface area contributed by atoms with Crippen LogP contribution in [-0.2, 0) is 4.79 Å². The molecule has 0 radical (unpaired) electrons. The Morgan fingerprint density at radius 3 is 2.38 bits per heavy atom. The number of carbonyl (C=O) groups is 1. The summed E-state index contributed by atoms with van der Waals surface area (Å²) in [5.41, 5.74) is -0.136. The number of likely N-dealkylation sites (tertiary alicyclic amines) is 1. The Morgan fingerprint density at radius 1 is 1.12 bits per heavy atom. The molecule has 2 rings (SSSR count). The van der Waals surface area contributed by atoms with Crippen LogP contribution in [0.3, 0.4) is 0 Å². The largest absolute Gasteiger partial charge is 0.342 e. The Hall–Kier alpha value is -0.570. The van der Waals surface area contributed by atoms with Crippen molar-refractivity contribution in [2.45, 2.75) is 45.4 Å². The molecule has 16 heavy (non-hydrogen) atoms. The van der Waals surface area contributed by atoms with Gasteiger partial charge in [0.2, 0.25) is 5.91 Å². The average molecular weight is 224 g/mol. The summed E-state index contributed by atoms with van der Waals surface area (Å²) >= 11 is 0. The Bertz CT molecular complexity index is 238. The van der Waals surface area contributed by atoms with Gasteiger partial charge in [-0.15, -0.1) is 0 Å². The molecule has 0 aromatic heterocycles. The van der Waals surface area contributed by atoms with E-state index in [2.05, 4.69) is 17.1 Å². The van der Waals surface area contributed by atoms with E-state index in [1.807, 2.05) is 0 Å². The Morgan fingerprint density at radius 2 is 1.81 bits per heavy atom. The van der Waals surface area contributed by atoms with Gasteiger partial charge in [0.25, 0.3) is 0 Å². The highest BCUT2D eigenvalue weighted by Gasteiger charge is 2.37. The van der Waals surface area contributed by atoms with E-state index in [1.54, 1.807) is 0 Å². The monoisotopic (exact) mass is 224 g/mol. The molecule has 92 valence electrons. The molecule has 1 amide bonds. The Labute approximate surface area is 98.6 Å². The molecular weight excluding hydrogens is 200 g/mol. The van der Waals surface area contributed by atoms with Crippen LogP contribution in [0.1, 0.15) is 45.4 Å². The predicted octanol–water partition coefficient (Wildman–Crippen LogP) is 1.78. The number of nitrogens with zero attached hydrogens (tertiary/aromatic N) is 1. The topological polar surface area (TPSA) is 32.3 Å². The summed E-state index contributed by atoms with van der Waals surface area (Å²) in [7, 11) is 0. The molecule has 0 spiro atoms. The molecule has 2 saturated heterocycles. The minimum absolute atomic E-state index is 0.136. The molecule has 0 saturated carbocycles. The van der Waals surface area contributed by atoms with E-state index in [9.17, 15) is 4.79 Å². The molecular formula is C13H24N2O. The summed E-state index contributed by atoms with van der Waals surface area (Å²) < 4.78 is 0. The summed E-state index contributed by atoms with van der Waals surface area (Å²) in [5, 5.41) is 3.36. The molecule has 1 unspecified atom stereocenters. The molecule has 2 aliphatic heterocycles. The number of hydrogen-bond donors (Lipinski definition) is 1. The first-order valence-electron chi connectivity index (χ1n) is 6.72. The average Bonchev–Trinajstić information content (AvgIpc) is 2.57. The summed E-state index contributed by atoms with van der Waals surface area (Å²) in [6.07, 6.45) is 7.15. The zero-order chi connectivity index (χ0) is 11.4. The van der Waals surface area contributed by atoms with Crippen LogP contribution >= 0.6 is 0 Å². The number of hydrogen-bond acceptors (Lipinski definition) is 2. The van der Waals surface area contributed by atoms with Gasteiger partial charge in [0.15, 0.2) is 0 Å². The molecule has 2 heterocycles. The maximum absolute atomic E-state index is 12.5. The van der Waals surface area contributed by atoms with Crippen LogP contribution in [0, 0.1) is 5.41 Å². The molecule has 1 atom stereocenters.